The van der Waals surface area contributed by atoms with Crippen LogP contribution in [0.3, 0.4) is 0 Å². The number of benzene rings is 2. The molecule has 1 aliphatic heterocycles. The van der Waals surface area contributed by atoms with E-state index in [4.69, 9.17) is 0 Å². The van der Waals surface area contributed by atoms with E-state index in [0.717, 1.165) is 28.5 Å². The molecular weight excluding hydrogens is 310 g/mol. The van der Waals surface area contributed by atoms with Crippen molar-refractivity contribution < 1.29 is 13.6 Å². The molecule has 1 aromatic heterocycles. The van der Waals surface area contributed by atoms with E-state index in [1.807, 2.05) is 28.8 Å². The van der Waals surface area contributed by atoms with Crippen LogP contribution in [-0.2, 0) is 17.8 Å². The van der Waals surface area contributed by atoms with Gasteiger partial charge >= 0.3 is 0 Å². The average Bonchev–Trinajstić information content (AvgIpc) is 3.02. The van der Waals surface area contributed by atoms with Crippen LogP contribution in [0.25, 0.3) is 22.2 Å². The van der Waals surface area contributed by atoms with Crippen LogP contribution >= 0.6 is 0 Å². The number of rotatable bonds is 3. The molecule has 3 aromatic rings. The molecule has 0 unspecified atom stereocenters. The highest BCUT2D eigenvalue weighted by Crippen LogP contribution is 2.42. The number of hydrogen-bond donors (Lipinski definition) is 1. The normalized spacial score (nSPS) is 12.3. The van der Waals surface area contributed by atoms with Gasteiger partial charge in [0.25, 0.3) is 0 Å². The molecule has 0 saturated carbocycles. The minimum atomic E-state index is -0.585. The molecule has 0 fully saturated rings. The molecule has 5 heteroatoms. The van der Waals surface area contributed by atoms with Gasteiger partial charge in [-0.25, -0.2) is 8.78 Å². The second-order valence-corrected chi connectivity index (χ2v) is 6.09. The van der Waals surface area contributed by atoms with Gasteiger partial charge in [-0.15, -0.1) is 0 Å². The van der Waals surface area contributed by atoms with Crippen molar-refractivity contribution in [3.63, 3.8) is 0 Å². The number of carbonyl (C=O) groups is 1. The molecule has 122 valence electrons. The van der Waals surface area contributed by atoms with Crippen molar-refractivity contribution in [2.45, 2.75) is 19.9 Å². The Balaban J connectivity index is 1.94. The summed E-state index contributed by atoms with van der Waals surface area (Å²) in [4.78, 5) is 11.1. The van der Waals surface area contributed by atoms with Gasteiger partial charge in [-0.3, -0.25) is 4.79 Å². The van der Waals surface area contributed by atoms with Crippen LogP contribution in [0.2, 0.25) is 0 Å². The highest BCUT2D eigenvalue weighted by atomic mass is 19.1. The van der Waals surface area contributed by atoms with Crippen molar-refractivity contribution in [3.8, 4) is 11.3 Å². The van der Waals surface area contributed by atoms with E-state index >= 15 is 0 Å². The van der Waals surface area contributed by atoms with Crippen LogP contribution in [0.1, 0.15) is 18.1 Å². The maximum Gasteiger partial charge on any atom is 0.216 e. The largest absolute Gasteiger partial charge is 0.356 e. The second kappa shape index (κ2) is 5.44. The lowest BCUT2D eigenvalue weighted by molar-refractivity contribution is -0.118. The van der Waals surface area contributed by atoms with Gasteiger partial charge in [-0.05, 0) is 23.6 Å². The summed E-state index contributed by atoms with van der Waals surface area (Å²) < 4.78 is 30.1. The van der Waals surface area contributed by atoms with Crippen LogP contribution in [0.15, 0.2) is 36.4 Å². The van der Waals surface area contributed by atoms with Crippen molar-refractivity contribution >= 4 is 16.8 Å². The number of aromatic nitrogens is 1. The molecule has 3 nitrogen and oxygen atoms in total. The first-order chi connectivity index (χ1) is 11.6. The third-order valence-corrected chi connectivity index (χ3v) is 4.53. The van der Waals surface area contributed by atoms with Crippen LogP contribution in [-0.4, -0.2) is 17.0 Å². The summed E-state index contributed by atoms with van der Waals surface area (Å²) in [6, 6.07) is 10.2. The summed E-state index contributed by atoms with van der Waals surface area (Å²) in [6.07, 6.45) is 0.523. The third-order valence-electron chi connectivity index (χ3n) is 4.53. The molecule has 24 heavy (non-hydrogen) atoms. The van der Waals surface area contributed by atoms with E-state index in [2.05, 4.69) is 5.32 Å². The summed E-state index contributed by atoms with van der Waals surface area (Å²) in [5.41, 5.74) is 4.41. The fourth-order valence-corrected chi connectivity index (χ4v) is 3.61. The van der Waals surface area contributed by atoms with Gasteiger partial charge in [-0.2, -0.15) is 0 Å². The Bertz CT molecular complexity index is 975. The Morgan fingerprint density at radius 1 is 1.25 bits per heavy atom. The van der Waals surface area contributed by atoms with Crippen molar-refractivity contribution in [1.29, 1.82) is 0 Å². The van der Waals surface area contributed by atoms with Crippen LogP contribution in [0.4, 0.5) is 8.78 Å². The molecule has 1 N–H and O–H groups in total. The zero-order valence-corrected chi connectivity index (χ0v) is 13.2. The molecule has 4 rings (SSSR count). The minimum absolute atomic E-state index is 0.118. The molecule has 0 saturated heterocycles. The van der Waals surface area contributed by atoms with E-state index in [9.17, 15) is 13.6 Å². The number of fused-ring (bicyclic) bond motifs is 5. The summed E-state index contributed by atoms with van der Waals surface area (Å²) in [6.45, 7) is 2.46. The number of halogens is 2. The van der Waals surface area contributed by atoms with Gasteiger partial charge in [-0.1, -0.05) is 24.3 Å². The fraction of sp³-hybridized carbons (Fsp3) is 0.211. The predicted octanol–water partition coefficient (Wildman–Crippen LogP) is 3.63. The molecular formula is C19H16F2N2O. The molecule has 2 aromatic carbocycles. The van der Waals surface area contributed by atoms with E-state index in [1.54, 1.807) is 0 Å². The average molecular weight is 326 g/mol. The Hall–Kier alpha value is -2.69. The van der Waals surface area contributed by atoms with Crippen molar-refractivity contribution in [2.75, 3.05) is 6.54 Å². The Kier molecular flexibility index (Phi) is 3.37. The van der Waals surface area contributed by atoms with E-state index in [0.29, 0.717) is 30.4 Å². The number of nitrogens with one attached hydrogen (secondary N) is 1. The summed E-state index contributed by atoms with van der Waals surface area (Å²) in [5, 5.41) is 3.34. The Morgan fingerprint density at radius 2 is 2.04 bits per heavy atom. The Morgan fingerprint density at radius 3 is 2.83 bits per heavy atom. The highest BCUT2D eigenvalue weighted by molar-refractivity contribution is 5.94. The summed E-state index contributed by atoms with van der Waals surface area (Å²) >= 11 is 0. The predicted molar refractivity (Wildman–Crippen MR) is 88.8 cm³/mol. The lowest BCUT2D eigenvalue weighted by Gasteiger charge is -2.06. The number of hydrogen-bond acceptors (Lipinski definition) is 1. The van der Waals surface area contributed by atoms with Crippen LogP contribution in [0, 0.1) is 11.6 Å². The first-order valence-electron chi connectivity index (χ1n) is 7.89. The highest BCUT2D eigenvalue weighted by Gasteiger charge is 2.27. The van der Waals surface area contributed by atoms with Crippen LogP contribution < -0.4 is 5.32 Å². The van der Waals surface area contributed by atoms with E-state index < -0.39 is 11.6 Å². The maximum absolute atomic E-state index is 14.5. The van der Waals surface area contributed by atoms with Gasteiger partial charge in [0.2, 0.25) is 5.91 Å². The molecule has 0 aliphatic carbocycles. The maximum atomic E-state index is 14.5. The van der Waals surface area contributed by atoms with Gasteiger partial charge in [0.05, 0.1) is 11.2 Å². The lowest BCUT2D eigenvalue weighted by Crippen LogP contribution is -2.22. The van der Waals surface area contributed by atoms with Gasteiger partial charge in [0, 0.05) is 37.0 Å². The number of nitrogens with zero attached hydrogens (tertiary/aromatic N) is 1. The van der Waals surface area contributed by atoms with Crippen molar-refractivity contribution in [1.82, 2.24) is 9.88 Å². The fourth-order valence-electron chi connectivity index (χ4n) is 3.61. The molecule has 0 radical (unpaired) electrons. The monoisotopic (exact) mass is 326 g/mol. The topological polar surface area (TPSA) is 34.0 Å². The smallest absolute Gasteiger partial charge is 0.216 e. The zero-order chi connectivity index (χ0) is 16.8. The van der Waals surface area contributed by atoms with Crippen molar-refractivity contribution in [2.24, 2.45) is 0 Å². The Labute approximate surface area is 137 Å². The molecule has 1 amide bonds. The SMILES string of the molecule is CC(=O)NCCc1c2n(c3c(F)cc(F)cc13)Cc1ccccc1-2. The zero-order valence-electron chi connectivity index (χ0n) is 13.2. The third kappa shape index (κ3) is 2.19. The lowest BCUT2D eigenvalue weighted by atomic mass is 10.00. The molecule has 0 atom stereocenters. The quantitative estimate of drug-likeness (QED) is 0.613. The number of carbonyl (C=O) groups excluding carboxylic acids is 1. The standard InChI is InChI=1S/C19H16F2N2O/c1-11(24)22-7-6-15-16-8-13(20)9-17(21)19(16)23-10-12-4-2-3-5-14(12)18(15)23/h2-5,8-9H,6-7,10H2,1H3,(H,22,24). The summed E-state index contributed by atoms with van der Waals surface area (Å²) in [5.74, 6) is -1.25. The second-order valence-electron chi connectivity index (χ2n) is 6.09. The molecule has 1 aliphatic rings. The van der Waals surface area contributed by atoms with Crippen LogP contribution in [0.5, 0.6) is 0 Å². The first-order valence-corrected chi connectivity index (χ1v) is 7.89. The molecule has 0 bridgehead atoms. The van der Waals surface area contributed by atoms with Gasteiger partial charge in [0.1, 0.15) is 11.6 Å². The molecule has 0 spiro atoms. The van der Waals surface area contributed by atoms with E-state index in [1.165, 1.54) is 13.0 Å². The van der Waals surface area contributed by atoms with Gasteiger partial charge in [0.15, 0.2) is 0 Å². The van der Waals surface area contributed by atoms with Crippen molar-refractivity contribution in [3.05, 3.63) is 59.2 Å². The van der Waals surface area contributed by atoms with Gasteiger partial charge < -0.3 is 9.88 Å². The van der Waals surface area contributed by atoms with E-state index in [-0.39, 0.29) is 5.91 Å². The minimum Gasteiger partial charge on any atom is -0.356 e. The first kappa shape index (κ1) is 14.9. The number of amides is 1. The molecule has 2 heterocycles. The summed E-state index contributed by atoms with van der Waals surface area (Å²) in [7, 11) is 0.